The van der Waals surface area contributed by atoms with E-state index in [0.29, 0.717) is 12.4 Å². The Morgan fingerprint density at radius 3 is 1.50 bits per heavy atom. The molecule has 46 heavy (non-hydrogen) atoms. The first-order valence-corrected chi connectivity index (χ1v) is 18.8. The number of hydrogen-bond donors (Lipinski definition) is 1. The van der Waals surface area contributed by atoms with E-state index in [9.17, 15) is 5.11 Å². The van der Waals surface area contributed by atoms with Gasteiger partial charge in [-0.1, -0.05) is 96.1 Å². The molecule has 260 valence electrons. The fourth-order valence-electron chi connectivity index (χ4n) is 7.08. The van der Waals surface area contributed by atoms with E-state index in [4.69, 9.17) is 9.47 Å². The number of unbranched alkanes of at least 4 members (excludes halogenated alkanes) is 4. The van der Waals surface area contributed by atoms with Crippen molar-refractivity contribution in [1.82, 2.24) is 0 Å². The Hall–Kier alpha value is -2.46. The van der Waals surface area contributed by atoms with Gasteiger partial charge in [-0.3, -0.25) is 0 Å². The lowest BCUT2D eigenvalue weighted by molar-refractivity contribution is -0.0613. The van der Waals surface area contributed by atoms with Gasteiger partial charge in [0.25, 0.3) is 0 Å². The summed E-state index contributed by atoms with van der Waals surface area (Å²) < 4.78 is 15.8. The number of phenols is 1. The molecule has 1 unspecified atom stereocenters. The van der Waals surface area contributed by atoms with Gasteiger partial charge in [-0.2, -0.15) is 0 Å². The van der Waals surface area contributed by atoms with Crippen molar-refractivity contribution in [1.29, 1.82) is 0 Å². The highest BCUT2D eigenvalue weighted by molar-refractivity contribution is 5.30. The maximum absolute atomic E-state index is 9.32. The van der Waals surface area contributed by atoms with Crippen molar-refractivity contribution in [2.75, 3.05) is 13.2 Å². The van der Waals surface area contributed by atoms with Gasteiger partial charge in [0.05, 0.1) is 12.9 Å². The lowest BCUT2D eigenvalue weighted by atomic mass is 9.77. The summed E-state index contributed by atoms with van der Waals surface area (Å²) in [4.78, 5) is 0. The molecule has 0 aromatic heterocycles. The molecular weight excluding hydrogens is 568 g/mol. The van der Waals surface area contributed by atoms with E-state index in [0.717, 1.165) is 36.0 Å². The quantitative estimate of drug-likeness (QED) is 0.113. The van der Waals surface area contributed by atoms with Crippen molar-refractivity contribution in [2.45, 2.75) is 155 Å². The second-order valence-corrected chi connectivity index (χ2v) is 13.4. The first-order chi connectivity index (χ1) is 22.4. The molecule has 4 nitrogen and oxygen atoms in total. The van der Waals surface area contributed by atoms with Crippen LogP contribution in [0.3, 0.4) is 0 Å². The summed E-state index contributed by atoms with van der Waals surface area (Å²) >= 11 is 0. The smallest absolute Gasteiger partial charge is 0.196 e. The van der Waals surface area contributed by atoms with Crippen molar-refractivity contribution in [3.63, 3.8) is 0 Å². The molecule has 4 rings (SSSR count). The lowest BCUT2D eigenvalue weighted by Crippen LogP contribution is -2.16. The second kappa shape index (κ2) is 24.7. The molecule has 0 aliphatic heterocycles. The molecule has 2 aliphatic carbocycles. The van der Waals surface area contributed by atoms with E-state index in [-0.39, 0.29) is 6.29 Å². The van der Waals surface area contributed by atoms with E-state index in [1.807, 2.05) is 32.9 Å². The van der Waals surface area contributed by atoms with Crippen LogP contribution < -0.4 is 4.74 Å². The number of rotatable bonds is 16. The van der Waals surface area contributed by atoms with Gasteiger partial charge in [-0.15, -0.1) is 0 Å². The number of benzene rings is 2. The highest BCUT2D eigenvalue weighted by Gasteiger charge is 2.23. The molecule has 1 N–H and O–H groups in total. The van der Waals surface area contributed by atoms with Crippen LogP contribution in [-0.2, 0) is 9.47 Å². The Morgan fingerprint density at radius 1 is 0.674 bits per heavy atom. The highest BCUT2D eigenvalue weighted by Crippen LogP contribution is 2.39. The van der Waals surface area contributed by atoms with Crippen LogP contribution in [0.5, 0.6) is 11.5 Å². The van der Waals surface area contributed by atoms with Gasteiger partial charge in [0.2, 0.25) is 0 Å². The summed E-state index contributed by atoms with van der Waals surface area (Å²) in [6.45, 7) is 15.2. The highest BCUT2D eigenvalue weighted by atomic mass is 16.7. The van der Waals surface area contributed by atoms with E-state index in [1.54, 1.807) is 0 Å². The van der Waals surface area contributed by atoms with E-state index in [1.165, 1.54) is 120 Å². The Balaban J connectivity index is 0.000000285. The molecule has 2 saturated carbocycles. The van der Waals surface area contributed by atoms with Crippen LogP contribution in [0.1, 0.15) is 160 Å². The van der Waals surface area contributed by atoms with Crippen molar-refractivity contribution >= 4 is 0 Å². The number of ether oxygens (including phenoxy) is 3. The molecule has 0 radical (unpaired) electrons. The standard InChI is InChI=1S/C21H34O2.C17H26O.C4H8O/c1-4-6-7-8-18-9-11-19(12-10-18)20-13-15-21(16-14-20)23-17(3)22-5-2;1-2-3-4-5-14-6-8-15(9-7-14)16-10-12-17(18)13-11-16;1-3-5-4-2/h13-19H,4-12H2,1-3H3;10-15,18H,2-9H2,1H3;3H,1,4H2,2H3. The number of aromatic hydroxyl groups is 1. The predicted molar refractivity (Wildman–Crippen MR) is 196 cm³/mol. The molecule has 0 saturated heterocycles. The molecule has 4 heteroatoms. The normalized spacial score (nSPS) is 21.5. The Labute approximate surface area is 283 Å². The maximum atomic E-state index is 9.32. The monoisotopic (exact) mass is 637 g/mol. The van der Waals surface area contributed by atoms with Crippen LogP contribution in [0.25, 0.3) is 0 Å². The van der Waals surface area contributed by atoms with Crippen molar-refractivity contribution in [3.05, 3.63) is 72.5 Å². The summed E-state index contributed by atoms with van der Waals surface area (Å²) in [5, 5.41) is 9.32. The third-order valence-corrected chi connectivity index (χ3v) is 9.83. The molecule has 0 heterocycles. The minimum Gasteiger partial charge on any atom is -0.508 e. The largest absolute Gasteiger partial charge is 0.508 e. The third-order valence-electron chi connectivity index (χ3n) is 9.83. The average Bonchev–Trinajstić information content (AvgIpc) is 3.08. The second-order valence-electron chi connectivity index (χ2n) is 13.4. The predicted octanol–water partition coefficient (Wildman–Crippen LogP) is 12.7. The van der Waals surface area contributed by atoms with Gasteiger partial charge >= 0.3 is 0 Å². The van der Waals surface area contributed by atoms with Crippen LogP contribution in [0.4, 0.5) is 0 Å². The first-order valence-electron chi connectivity index (χ1n) is 18.8. The Bertz CT molecular complexity index is 985. The minimum absolute atomic E-state index is 0.176. The van der Waals surface area contributed by atoms with Gasteiger partial charge in [-0.05, 0) is 131 Å². The van der Waals surface area contributed by atoms with Crippen molar-refractivity contribution in [3.8, 4) is 11.5 Å². The minimum atomic E-state index is -0.176. The van der Waals surface area contributed by atoms with E-state index >= 15 is 0 Å². The van der Waals surface area contributed by atoms with Gasteiger partial charge in [-0.25, -0.2) is 0 Å². The average molecular weight is 637 g/mol. The molecule has 2 aromatic rings. The first kappa shape index (κ1) is 39.7. The lowest BCUT2D eigenvalue weighted by Gasteiger charge is -2.29. The molecule has 0 amide bonds. The fourth-order valence-corrected chi connectivity index (χ4v) is 7.08. The molecule has 0 spiro atoms. The van der Waals surface area contributed by atoms with Gasteiger partial charge in [0, 0.05) is 6.61 Å². The van der Waals surface area contributed by atoms with Gasteiger partial charge in [0.1, 0.15) is 11.5 Å². The number of phenolic OH excluding ortho intramolecular Hbond substituents is 1. The zero-order valence-corrected chi connectivity index (χ0v) is 30.2. The summed E-state index contributed by atoms with van der Waals surface area (Å²) in [6, 6.07) is 16.5. The number of hydrogen-bond acceptors (Lipinski definition) is 4. The molecular formula is C42H68O4. The Morgan fingerprint density at radius 2 is 1.13 bits per heavy atom. The Kier molecular flexibility index (Phi) is 21.3. The van der Waals surface area contributed by atoms with Crippen LogP contribution >= 0.6 is 0 Å². The summed E-state index contributed by atoms with van der Waals surface area (Å²) in [6.07, 6.45) is 23.5. The van der Waals surface area contributed by atoms with Crippen molar-refractivity contribution in [2.24, 2.45) is 11.8 Å². The van der Waals surface area contributed by atoms with Crippen LogP contribution in [-0.4, -0.2) is 24.6 Å². The molecule has 2 fully saturated rings. The van der Waals surface area contributed by atoms with Gasteiger partial charge < -0.3 is 19.3 Å². The molecule has 2 aliphatic rings. The molecule has 2 aromatic carbocycles. The summed E-state index contributed by atoms with van der Waals surface area (Å²) in [7, 11) is 0. The fraction of sp³-hybridized carbons (Fsp3) is 0.667. The SMILES string of the molecule is C=COCC.CCCCCC1CCC(c2ccc(O)cc2)CC1.CCCCCC1CCC(c2ccc(OC(C)OCC)cc2)CC1. The maximum Gasteiger partial charge on any atom is 0.196 e. The molecule has 0 bridgehead atoms. The van der Waals surface area contributed by atoms with Crippen LogP contribution in [0, 0.1) is 11.8 Å². The summed E-state index contributed by atoms with van der Waals surface area (Å²) in [5.74, 6) is 4.72. The van der Waals surface area contributed by atoms with E-state index < -0.39 is 0 Å². The van der Waals surface area contributed by atoms with Crippen LogP contribution in [0.2, 0.25) is 0 Å². The van der Waals surface area contributed by atoms with Gasteiger partial charge in [0.15, 0.2) is 6.29 Å². The van der Waals surface area contributed by atoms with E-state index in [2.05, 4.69) is 61.6 Å². The molecule has 1 atom stereocenters. The zero-order valence-electron chi connectivity index (χ0n) is 30.2. The third kappa shape index (κ3) is 16.4. The summed E-state index contributed by atoms with van der Waals surface area (Å²) in [5.41, 5.74) is 2.90. The zero-order chi connectivity index (χ0) is 33.4. The topological polar surface area (TPSA) is 47.9 Å². The van der Waals surface area contributed by atoms with Crippen LogP contribution in [0.15, 0.2) is 61.4 Å². The van der Waals surface area contributed by atoms with Crippen molar-refractivity contribution < 1.29 is 19.3 Å².